The molecule has 0 aromatic carbocycles. The van der Waals surface area contributed by atoms with Crippen molar-refractivity contribution in [1.82, 2.24) is 0 Å². The molecule has 0 unspecified atom stereocenters. The summed E-state index contributed by atoms with van der Waals surface area (Å²) in [6, 6.07) is 0. The third-order valence-electron chi connectivity index (χ3n) is 2.83. The molecule has 1 heterocycles. The Morgan fingerprint density at radius 3 is 2.63 bits per heavy atom. The van der Waals surface area contributed by atoms with Crippen LogP contribution in [0.4, 0.5) is 0 Å². The van der Waals surface area contributed by atoms with Crippen LogP contribution >= 0.6 is 0 Å². The van der Waals surface area contributed by atoms with Crippen LogP contribution in [0.1, 0.15) is 26.2 Å². The molecule has 0 bridgehead atoms. The van der Waals surface area contributed by atoms with E-state index in [0.717, 1.165) is 12.5 Å². The summed E-state index contributed by atoms with van der Waals surface area (Å²) in [6.07, 6.45) is -0.601. The van der Waals surface area contributed by atoms with Crippen LogP contribution in [0.3, 0.4) is 0 Å². The van der Waals surface area contributed by atoms with E-state index in [0.29, 0.717) is 13.0 Å². The maximum atomic E-state index is 10.0. The minimum atomic E-state index is -1.84. The average Bonchev–Trinajstić information content (AvgIpc) is 2.42. The van der Waals surface area contributed by atoms with Gasteiger partial charge in [-0.3, -0.25) is 0 Å². The maximum Gasteiger partial charge on any atom is 0.194 e. The minimum absolute atomic E-state index is 0.200. The fourth-order valence-electron chi connectivity index (χ4n) is 1.74. The second-order valence-electron chi connectivity index (χ2n) is 4.25. The first-order valence-electron chi connectivity index (χ1n) is 6.05. The van der Waals surface area contributed by atoms with E-state index in [1.54, 1.807) is 6.92 Å². The van der Waals surface area contributed by atoms with Gasteiger partial charge in [-0.25, -0.2) is 0 Å². The SMILES string of the molecule is CC#CC#C/C=C(/O)[C@@H](O)[C@H](O)[C@]1(O)CCCCO1. The minimum Gasteiger partial charge on any atom is -0.509 e. The number of rotatable bonds is 3. The first-order valence-corrected chi connectivity index (χ1v) is 6.05. The molecule has 0 saturated carbocycles. The molecule has 0 amide bonds. The maximum absolute atomic E-state index is 10.0. The van der Waals surface area contributed by atoms with Crippen LogP contribution in [0.2, 0.25) is 0 Å². The number of ether oxygens (including phenoxy) is 1. The van der Waals surface area contributed by atoms with Crippen molar-refractivity contribution in [1.29, 1.82) is 0 Å². The molecule has 1 rings (SSSR count). The molecule has 104 valence electrons. The van der Waals surface area contributed by atoms with Crippen molar-refractivity contribution in [3.63, 3.8) is 0 Å². The van der Waals surface area contributed by atoms with Crippen molar-refractivity contribution in [3.8, 4) is 23.7 Å². The van der Waals surface area contributed by atoms with E-state index >= 15 is 0 Å². The highest BCUT2D eigenvalue weighted by Crippen LogP contribution is 2.28. The van der Waals surface area contributed by atoms with Crippen molar-refractivity contribution in [2.75, 3.05) is 6.61 Å². The molecule has 5 nitrogen and oxygen atoms in total. The van der Waals surface area contributed by atoms with Crippen LogP contribution in [0.25, 0.3) is 0 Å². The predicted octanol–water partition coefficient (Wildman–Crippen LogP) is 0.0659. The van der Waals surface area contributed by atoms with Gasteiger partial charge in [-0.05, 0) is 31.6 Å². The number of aliphatic hydroxyl groups excluding tert-OH is 3. The quantitative estimate of drug-likeness (QED) is 0.428. The largest absolute Gasteiger partial charge is 0.509 e. The molecule has 19 heavy (non-hydrogen) atoms. The van der Waals surface area contributed by atoms with Gasteiger partial charge in [0, 0.05) is 12.5 Å². The van der Waals surface area contributed by atoms with Crippen molar-refractivity contribution < 1.29 is 25.2 Å². The molecule has 0 aliphatic carbocycles. The van der Waals surface area contributed by atoms with Crippen molar-refractivity contribution in [3.05, 3.63) is 11.8 Å². The van der Waals surface area contributed by atoms with Crippen LogP contribution in [0.5, 0.6) is 0 Å². The van der Waals surface area contributed by atoms with Crippen LogP contribution in [0, 0.1) is 23.7 Å². The lowest BCUT2D eigenvalue weighted by atomic mass is 9.95. The highest BCUT2D eigenvalue weighted by Gasteiger charge is 2.43. The Kier molecular flexibility index (Phi) is 5.88. The number of allylic oxidation sites excluding steroid dienone is 1. The monoisotopic (exact) mass is 266 g/mol. The molecule has 0 spiro atoms. The van der Waals surface area contributed by atoms with Gasteiger partial charge < -0.3 is 25.2 Å². The lowest BCUT2D eigenvalue weighted by molar-refractivity contribution is -0.288. The van der Waals surface area contributed by atoms with E-state index in [1.807, 2.05) is 0 Å². The zero-order valence-corrected chi connectivity index (χ0v) is 10.8. The fourth-order valence-corrected chi connectivity index (χ4v) is 1.74. The molecule has 4 N–H and O–H groups in total. The zero-order chi connectivity index (χ0) is 14.3. The number of hydrogen-bond donors (Lipinski definition) is 4. The van der Waals surface area contributed by atoms with Crippen LogP contribution in [-0.4, -0.2) is 45.0 Å². The summed E-state index contributed by atoms with van der Waals surface area (Å²) in [5.41, 5.74) is 0. The highest BCUT2D eigenvalue weighted by molar-refractivity contribution is 5.31. The van der Waals surface area contributed by atoms with Gasteiger partial charge in [-0.2, -0.15) is 0 Å². The topological polar surface area (TPSA) is 90.2 Å². The van der Waals surface area contributed by atoms with Crippen molar-refractivity contribution in [2.45, 2.75) is 44.2 Å². The molecule has 0 aromatic rings. The molecule has 1 fully saturated rings. The van der Waals surface area contributed by atoms with Gasteiger partial charge >= 0.3 is 0 Å². The highest BCUT2D eigenvalue weighted by atomic mass is 16.6. The van der Waals surface area contributed by atoms with E-state index < -0.39 is 23.8 Å². The van der Waals surface area contributed by atoms with E-state index in [-0.39, 0.29) is 6.42 Å². The Balaban J connectivity index is 2.72. The molecule has 1 aliphatic rings. The summed E-state index contributed by atoms with van der Waals surface area (Å²) in [5.74, 6) is 7.45. The lowest BCUT2D eigenvalue weighted by Gasteiger charge is -2.37. The average molecular weight is 266 g/mol. The molecule has 0 aromatic heterocycles. The Bertz CT molecular complexity index is 440. The Hall–Kier alpha value is -1.50. The second kappa shape index (κ2) is 7.18. The first kappa shape index (κ1) is 15.6. The molecule has 5 heteroatoms. The summed E-state index contributed by atoms with van der Waals surface area (Å²) in [5, 5.41) is 39.2. The van der Waals surface area contributed by atoms with Crippen molar-refractivity contribution in [2.24, 2.45) is 0 Å². The third kappa shape index (κ3) is 4.27. The molecule has 1 aliphatic heterocycles. The predicted molar refractivity (Wildman–Crippen MR) is 68.7 cm³/mol. The van der Waals surface area contributed by atoms with Gasteiger partial charge in [0.25, 0.3) is 0 Å². The first-order chi connectivity index (χ1) is 9.01. The number of hydrogen-bond acceptors (Lipinski definition) is 5. The zero-order valence-electron chi connectivity index (χ0n) is 10.8. The van der Waals surface area contributed by atoms with Gasteiger partial charge in [0.2, 0.25) is 0 Å². The smallest absolute Gasteiger partial charge is 0.194 e. The third-order valence-corrected chi connectivity index (χ3v) is 2.83. The van der Waals surface area contributed by atoms with E-state index in [2.05, 4.69) is 23.7 Å². The van der Waals surface area contributed by atoms with Crippen LogP contribution < -0.4 is 0 Å². The molecular formula is C14H18O5. The Labute approximate surface area is 112 Å². The van der Waals surface area contributed by atoms with Gasteiger partial charge in [0.1, 0.15) is 18.0 Å². The van der Waals surface area contributed by atoms with Gasteiger partial charge in [0.15, 0.2) is 5.79 Å². The summed E-state index contributed by atoms with van der Waals surface area (Å²) < 4.78 is 5.09. The number of aliphatic hydroxyl groups is 4. The summed E-state index contributed by atoms with van der Waals surface area (Å²) in [4.78, 5) is 0. The molecular weight excluding hydrogens is 248 g/mol. The molecule has 0 radical (unpaired) electrons. The summed E-state index contributed by atoms with van der Waals surface area (Å²) in [7, 11) is 0. The van der Waals surface area contributed by atoms with Crippen LogP contribution in [0.15, 0.2) is 11.8 Å². The second-order valence-corrected chi connectivity index (χ2v) is 4.25. The molecule has 1 saturated heterocycles. The van der Waals surface area contributed by atoms with Gasteiger partial charge in [-0.1, -0.05) is 11.8 Å². The van der Waals surface area contributed by atoms with E-state index in [9.17, 15) is 20.4 Å². The van der Waals surface area contributed by atoms with Crippen LogP contribution in [-0.2, 0) is 4.74 Å². The van der Waals surface area contributed by atoms with E-state index in [4.69, 9.17) is 4.74 Å². The Morgan fingerprint density at radius 2 is 2.05 bits per heavy atom. The van der Waals surface area contributed by atoms with Gasteiger partial charge in [0.05, 0.1) is 6.61 Å². The standard InChI is InChI=1S/C14H18O5/c1-2-3-4-5-8-11(15)12(16)13(17)14(18)9-6-7-10-19-14/h8,12-13,15-18H,6-7,9-10H2,1H3/b11-8+/t12-,13+,14+/m1/s1. The normalized spacial score (nSPS) is 26.4. The molecule has 3 atom stereocenters. The summed E-state index contributed by atoms with van der Waals surface area (Å²) >= 11 is 0. The Morgan fingerprint density at radius 1 is 1.32 bits per heavy atom. The lowest BCUT2D eigenvalue weighted by Crippen LogP contribution is -2.53. The summed E-state index contributed by atoms with van der Waals surface area (Å²) in [6.45, 7) is 1.92. The fraction of sp³-hybridized carbons (Fsp3) is 0.571. The van der Waals surface area contributed by atoms with E-state index in [1.165, 1.54) is 0 Å². The van der Waals surface area contributed by atoms with Crippen molar-refractivity contribution >= 4 is 0 Å². The van der Waals surface area contributed by atoms with Gasteiger partial charge in [-0.15, -0.1) is 0 Å².